The number of ether oxygens (including phenoxy) is 1. The molecule has 0 aliphatic rings. The molecule has 0 spiro atoms. The summed E-state index contributed by atoms with van der Waals surface area (Å²) in [6, 6.07) is 8.41. The highest BCUT2D eigenvalue weighted by Crippen LogP contribution is 2.02. The summed E-state index contributed by atoms with van der Waals surface area (Å²) in [6.07, 6.45) is 1.20. The van der Waals surface area contributed by atoms with E-state index < -0.39 is 11.9 Å². The van der Waals surface area contributed by atoms with E-state index >= 15 is 0 Å². The van der Waals surface area contributed by atoms with Crippen molar-refractivity contribution in [1.29, 1.82) is 0 Å². The average molecular weight is 294 g/mol. The lowest BCUT2D eigenvalue weighted by Gasteiger charge is -2.04. The fourth-order valence-electron chi connectivity index (χ4n) is 1.26. The van der Waals surface area contributed by atoms with Crippen LogP contribution in [0, 0.1) is 0 Å². The van der Waals surface area contributed by atoms with E-state index in [4.69, 9.17) is 4.74 Å². The Labute approximate surface area is 123 Å². The Balaban J connectivity index is 1.99. The third-order valence-corrected chi connectivity index (χ3v) is 2.37. The normalized spacial score (nSPS) is 9.95. The highest BCUT2D eigenvalue weighted by molar-refractivity contribution is 5.88. The van der Waals surface area contributed by atoms with E-state index in [9.17, 15) is 9.59 Å². The molecule has 0 aliphatic heterocycles. The molecule has 0 bridgehead atoms. The van der Waals surface area contributed by atoms with E-state index in [1.165, 1.54) is 0 Å². The fourth-order valence-corrected chi connectivity index (χ4v) is 1.26. The zero-order valence-electron chi connectivity index (χ0n) is 11.9. The van der Waals surface area contributed by atoms with Crippen LogP contribution in [0.3, 0.4) is 0 Å². The second-order valence-electron chi connectivity index (χ2n) is 4.25. The van der Waals surface area contributed by atoms with Crippen molar-refractivity contribution in [3.63, 3.8) is 0 Å². The number of esters is 1. The van der Waals surface area contributed by atoms with Gasteiger partial charge in [-0.25, -0.2) is 9.59 Å². The van der Waals surface area contributed by atoms with Crippen LogP contribution in [0.1, 0.15) is 30.1 Å². The van der Waals surface area contributed by atoms with Crippen LogP contribution in [-0.4, -0.2) is 25.2 Å². The zero-order valence-corrected chi connectivity index (χ0v) is 11.9. The van der Waals surface area contributed by atoms with Crippen LogP contribution in [-0.2, 0) is 24.3 Å². The van der Waals surface area contributed by atoms with Gasteiger partial charge in [0.2, 0.25) is 0 Å². The molecule has 114 valence electrons. The molecule has 0 heterocycles. The van der Waals surface area contributed by atoms with Gasteiger partial charge >= 0.3 is 11.9 Å². The molecule has 21 heavy (non-hydrogen) atoms. The molecule has 0 fully saturated rings. The van der Waals surface area contributed by atoms with Crippen LogP contribution in [0.2, 0.25) is 0 Å². The van der Waals surface area contributed by atoms with Crippen molar-refractivity contribution in [1.82, 2.24) is 0 Å². The van der Waals surface area contributed by atoms with E-state index in [1.54, 1.807) is 37.3 Å². The summed E-state index contributed by atoms with van der Waals surface area (Å²) in [5.74, 6) is -1.05. The van der Waals surface area contributed by atoms with Crippen molar-refractivity contribution in [3.05, 3.63) is 48.0 Å². The molecule has 0 amide bonds. The van der Waals surface area contributed by atoms with Gasteiger partial charge in [-0.3, -0.25) is 4.89 Å². The summed E-state index contributed by atoms with van der Waals surface area (Å²) in [4.78, 5) is 31.6. The number of unbranched alkanes of at least 4 members (excludes halogenated alkanes) is 1. The van der Waals surface area contributed by atoms with Gasteiger partial charge in [0.05, 0.1) is 18.8 Å². The van der Waals surface area contributed by atoms with Gasteiger partial charge in [-0.1, -0.05) is 24.8 Å². The molecule has 0 atom stereocenters. The molecular weight excluding hydrogens is 276 g/mol. The number of carbonyl (C=O) groups excluding carboxylic acids is 2. The maximum absolute atomic E-state index is 11.4. The monoisotopic (exact) mass is 294 g/mol. The van der Waals surface area contributed by atoms with Gasteiger partial charge in [0.25, 0.3) is 0 Å². The quantitative estimate of drug-likeness (QED) is 0.229. The van der Waals surface area contributed by atoms with E-state index in [2.05, 4.69) is 21.4 Å². The first kappa shape index (κ1) is 16.9. The van der Waals surface area contributed by atoms with Crippen molar-refractivity contribution >= 4 is 11.9 Å². The molecule has 0 aromatic heterocycles. The van der Waals surface area contributed by atoms with Gasteiger partial charge in [-0.15, -0.1) is 0 Å². The Hall–Kier alpha value is -2.18. The molecule has 0 saturated carbocycles. The van der Waals surface area contributed by atoms with Crippen LogP contribution >= 0.6 is 0 Å². The van der Waals surface area contributed by atoms with Crippen molar-refractivity contribution in [2.75, 3.05) is 13.2 Å². The summed E-state index contributed by atoms with van der Waals surface area (Å²) < 4.78 is 4.89. The Kier molecular flexibility index (Phi) is 7.78. The SMILES string of the molecule is C=C(C)C(=O)OCCCCOOOC(=O)c1ccccc1. The number of rotatable bonds is 9. The summed E-state index contributed by atoms with van der Waals surface area (Å²) >= 11 is 0. The van der Waals surface area contributed by atoms with Gasteiger partial charge in [-0.05, 0) is 36.9 Å². The van der Waals surface area contributed by atoms with Crippen LogP contribution in [0.15, 0.2) is 42.5 Å². The highest BCUT2D eigenvalue weighted by Gasteiger charge is 2.07. The minimum atomic E-state index is -0.633. The second-order valence-corrected chi connectivity index (χ2v) is 4.25. The molecule has 0 N–H and O–H groups in total. The van der Waals surface area contributed by atoms with Gasteiger partial charge < -0.3 is 4.74 Å². The largest absolute Gasteiger partial charge is 0.462 e. The van der Waals surface area contributed by atoms with Gasteiger partial charge in [0, 0.05) is 5.57 Å². The third-order valence-electron chi connectivity index (χ3n) is 2.37. The summed E-state index contributed by atoms with van der Waals surface area (Å²) in [5.41, 5.74) is 0.732. The Morgan fingerprint density at radius 3 is 2.43 bits per heavy atom. The van der Waals surface area contributed by atoms with E-state index in [-0.39, 0.29) is 13.2 Å². The zero-order chi connectivity index (χ0) is 15.5. The highest BCUT2D eigenvalue weighted by atomic mass is 17.5. The molecule has 1 aromatic rings. The second kappa shape index (κ2) is 9.68. The lowest BCUT2D eigenvalue weighted by Crippen LogP contribution is -2.09. The van der Waals surface area contributed by atoms with Crippen LogP contribution in [0.25, 0.3) is 0 Å². The molecule has 0 unspecified atom stereocenters. The van der Waals surface area contributed by atoms with E-state index in [0.29, 0.717) is 24.0 Å². The molecular formula is C15H18O6. The molecule has 0 radical (unpaired) electrons. The number of hydrogen-bond donors (Lipinski definition) is 0. The van der Waals surface area contributed by atoms with Gasteiger partial charge in [-0.2, -0.15) is 4.89 Å². The molecule has 1 rings (SSSR count). The predicted molar refractivity (Wildman–Crippen MR) is 73.9 cm³/mol. The van der Waals surface area contributed by atoms with E-state index in [1.807, 2.05) is 0 Å². The van der Waals surface area contributed by atoms with Crippen molar-refractivity contribution in [2.45, 2.75) is 19.8 Å². The summed E-state index contributed by atoms with van der Waals surface area (Å²) in [5, 5.41) is 4.34. The van der Waals surface area contributed by atoms with E-state index in [0.717, 1.165) is 0 Å². The molecule has 6 heteroatoms. The average Bonchev–Trinajstić information content (AvgIpc) is 2.50. The van der Waals surface area contributed by atoms with Crippen molar-refractivity contribution in [2.24, 2.45) is 0 Å². The van der Waals surface area contributed by atoms with Crippen LogP contribution < -0.4 is 0 Å². The lowest BCUT2D eigenvalue weighted by atomic mass is 10.2. The lowest BCUT2D eigenvalue weighted by molar-refractivity contribution is -0.481. The molecule has 0 saturated heterocycles. The summed E-state index contributed by atoms with van der Waals surface area (Å²) in [6.45, 7) is 5.54. The van der Waals surface area contributed by atoms with Gasteiger partial charge in [0.1, 0.15) is 0 Å². The van der Waals surface area contributed by atoms with Crippen molar-refractivity contribution < 1.29 is 29.1 Å². The smallest absolute Gasteiger partial charge is 0.376 e. The third kappa shape index (κ3) is 7.24. The number of benzene rings is 1. The predicted octanol–water partition coefficient (Wildman–Crippen LogP) is 2.61. The summed E-state index contributed by atoms with van der Waals surface area (Å²) in [7, 11) is 0. The molecule has 6 nitrogen and oxygen atoms in total. The standard InChI is InChI=1S/C15H18O6/c1-12(2)14(16)18-10-6-7-11-19-21-20-15(17)13-8-4-3-5-9-13/h3-5,8-9H,1,6-7,10-11H2,2H3. The minimum Gasteiger partial charge on any atom is -0.462 e. The first-order valence-corrected chi connectivity index (χ1v) is 6.49. The Morgan fingerprint density at radius 1 is 1.10 bits per heavy atom. The van der Waals surface area contributed by atoms with Gasteiger partial charge in [0.15, 0.2) is 0 Å². The topological polar surface area (TPSA) is 71.1 Å². The fraction of sp³-hybridized carbons (Fsp3) is 0.333. The number of hydrogen-bond acceptors (Lipinski definition) is 6. The maximum atomic E-state index is 11.4. The van der Waals surface area contributed by atoms with Crippen LogP contribution in [0.5, 0.6) is 0 Å². The molecule has 0 aliphatic carbocycles. The first-order chi connectivity index (χ1) is 10.1. The minimum absolute atomic E-state index is 0.215. The first-order valence-electron chi connectivity index (χ1n) is 6.49. The Bertz CT molecular complexity index is 468. The Morgan fingerprint density at radius 2 is 1.76 bits per heavy atom. The van der Waals surface area contributed by atoms with Crippen LogP contribution in [0.4, 0.5) is 0 Å². The number of carbonyl (C=O) groups is 2. The molecule has 1 aromatic carbocycles. The maximum Gasteiger partial charge on any atom is 0.376 e. The van der Waals surface area contributed by atoms with Crippen molar-refractivity contribution in [3.8, 4) is 0 Å².